The molecule has 0 aromatic heterocycles. The van der Waals surface area contributed by atoms with Crippen LogP contribution in [-0.4, -0.2) is 18.6 Å². The van der Waals surface area contributed by atoms with Gasteiger partial charge in [-0.25, -0.2) is 4.79 Å². The minimum absolute atomic E-state index is 0.256. The number of hydrogen-bond acceptors (Lipinski definition) is 3. The smallest absolute Gasteiger partial charge is 0.340 e. The maximum Gasteiger partial charge on any atom is 0.340 e. The van der Waals surface area contributed by atoms with E-state index < -0.39 is 0 Å². The van der Waals surface area contributed by atoms with Crippen molar-refractivity contribution in [1.82, 2.24) is 0 Å². The number of benzene rings is 1. The Kier molecular flexibility index (Phi) is 7.27. The van der Waals surface area contributed by atoms with Gasteiger partial charge in [0, 0.05) is 11.7 Å². The zero-order valence-corrected chi connectivity index (χ0v) is 14.0. The summed E-state index contributed by atoms with van der Waals surface area (Å²) in [6.07, 6.45) is 2.19. The lowest BCUT2D eigenvalue weighted by Crippen LogP contribution is -2.25. The van der Waals surface area contributed by atoms with E-state index in [-0.39, 0.29) is 5.97 Å². The Morgan fingerprint density at radius 1 is 1.10 bits per heavy atom. The highest BCUT2D eigenvalue weighted by Gasteiger charge is 2.17. The molecule has 0 radical (unpaired) electrons. The zero-order valence-electron chi connectivity index (χ0n) is 14.0. The highest BCUT2D eigenvalue weighted by Crippen LogP contribution is 2.22. The van der Waals surface area contributed by atoms with Crippen molar-refractivity contribution in [3.8, 4) is 0 Å². The van der Waals surface area contributed by atoms with Crippen LogP contribution in [0.2, 0.25) is 0 Å². The highest BCUT2D eigenvalue weighted by atomic mass is 16.5. The lowest BCUT2D eigenvalue weighted by atomic mass is 9.95. The Bertz CT molecular complexity index is 431. The van der Waals surface area contributed by atoms with Gasteiger partial charge < -0.3 is 10.1 Å². The monoisotopic (exact) mass is 291 g/mol. The number of para-hydroxylation sites is 1. The molecule has 0 heterocycles. The third-order valence-electron chi connectivity index (χ3n) is 3.29. The summed E-state index contributed by atoms with van der Waals surface area (Å²) in [6, 6.07) is 7.98. The van der Waals surface area contributed by atoms with E-state index in [4.69, 9.17) is 4.74 Å². The molecule has 0 aliphatic rings. The van der Waals surface area contributed by atoms with Crippen molar-refractivity contribution >= 4 is 11.7 Å². The minimum atomic E-state index is -0.256. The van der Waals surface area contributed by atoms with Gasteiger partial charge in [-0.3, -0.25) is 0 Å². The predicted octanol–water partition coefficient (Wildman–Crippen LogP) is 4.74. The molecule has 21 heavy (non-hydrogen) atoms. The molecule has 1 N–H and O–H groups in total. The van der Waals surface area contributed by atoms with Crippen LogP contribution in [0.1, 0.15) is 57.8 Å². The molecule has 0 aliphatic heterocycles. The molecule has 0 fully saturated rings. The van der Waals surface area contributed by atoms with Gasteiger partial charge in [-0.2, -0.15) is 0 Å². The third kappa shape index (κ3) is 6.19. The third-order valence-corrected chi connectivity index (χ3v) is 3.29. The molecule has 0 saturated heterocycles. The fraction of sp³-hybridized carbons (Fsp3) is 0.611. The zero-order chi connectivity index (χ0) is 15.8. The van der Waals surface area contributed by atoms with Crippen LogP contribution in [0.5, 0.6) is 0 Å². The number of carbonyl (C=O) groups excluding carboxylic acids is 1. The van der Waals surface area contributed by atoms with Crippen LogP contribution in [-0.2, 0) is 4.74 Å². The van der Waals surface area contributed by atoms with Gasteiger partial charge in [0.05, 0.1) is 12.2 Å². The average Bonchev–Trinajstić information content (AvgIpc) is 2.37. The Morgan fingerprint density at radius 3 is 2.19 bits per heavy atom. The quantitative estimate of drug-likeness (QED) is 0.703. The second-order valence-electron chi connectivity index (χ2n) is 6.37. The lowest BCUT2D eigenvalue weighted by molar-refractivity contribution is 0.0527. The number of esters is 1. The van der Waals surface area contributed by atoms with E-state index in [9.17, 15) is 4.79 Å². The summed E-state index contributed by atoms with van der Waals surface area (Å²) in [4.78, 5) is 12.0. The molecule has 0 amide bonds. The number of ether oxygens (including phenoxy) is 1. The van der Waals surface area contributed by atoms with Crippen molar-refractivity contribution in [3.63, 3.8) is 0 Å². The molecule has 0 saturated carbocycles. The van der Waals surface area contributed by atoms with Gasteiger partial charge in [-0.15, -0.1) is 0 Å². The SMILES string of the molecule is CCOC(=O)c1ccccc1NC(CC(C)C)CC(C)C. The van der Waals surface area contributed by atoms with Gasteiger partial charge in [0.2, 0.25) is 0 Å². The van der Waals surface area contributed by atoms with Crippen molar-refractivity contribution in [1.29, 1.82) is 0 Å². The van der Waals surface area contributed by atoms with Crippen LogP contribution in [0.25, 0.3) is 0 Å². The van der Waals surface area contributed by atoms with Crippen LogP contribution in [0.15, 0.2) is 24.3 Å². The second-order valence-corrected chi connectivity index (χ2v) is 6.37. The van der Waals surface area contributed by atoms with E-state index in [1.165, 1.54) is 0 Å². The van der Waals surface area contributed by atoms with Crippen LogP contribution in [0, 0.1) is 11.8 Å². The largest absolute Gasteiger partial charge is 0.462 e. The number of hydrogen-bond donors (Lipinski definition) is 1. The lowest BCUT2D eigenvalue weighted by Gasteiger charge is -2.24. The Balaban J connectivity index is 2.89. The first-order chi connectivity index (χ1) is 9.93. The summed E-state index contributed by atoms with van der Waals surface area (Å²) in [7, 11) is 0. The number of nitrogens with one attached hydrogen (secondary N) is 1. The van der Waals surface area contributed by atoms with Gasteiger partial charge in [-0.05, 0) is 43.7 Å². The first-order valence-corrected chi connectivity index (χ1v) is 7.96. The number of anilines is 1. The summed E-state index contributed by atoms with van der Waals surface area (Å²) >= 11 is 0. The van der Waals surface area contributed by atoms with Crippen LogP contribution < -0.4 is 5.32 Å². The van der Waals surface area contributed by atoms with Crippen LogP contribution >= 0.6 is 0 Å². The van der Waals surface area contributed by atoms with Crippen molar-refractivity contribution in [3.05, 3.63) is 29.8 Å². The molecule has 1 rings (SSSR count). The summed E-state index contributed by atoms with van der Waals surface area (Å²) in [5.41, 5.74) is 1.50. The van der Waals surface area contributed by atoms with Crippen molar-refractivity contribution in [2.45, 2.75) is 53.5 Å². The Morgan fingerprint density at radius 2 is 1.67 bits per heavy atom. The van der Waals surface area contributed by atoms with Gasteiger partial charge in [0.25, 0.3) is 0 Å². The molecule has 0 bridgehead atoms. The maximum atomic E-state index is 12.0. The van der Waals surface area contributed by atoms with Crippen molar-refractivity contribution in [2.24, 2.45) is 11.8 Å². The first-order valence-electron chi connectivity index (χ1n) is 7.96. The average molecular weight is 291 g/mol. The van der Waals surface area contributed by atoms with Gasteiger partial charge in [0.15, 0.2) is 0 Å². The molecule has 0 aliphatic carbocycles. The van der Waals surface area contributed by atoms with Crippen LogP contribution in [0.4, 0.5) is 5.69 Å². The van der Waals surface area contributed by atoms with E-state index in [0.717, 1.165) is 18.5 Å². The standard InChI is InChI=1S/C18H29NO2/c1-6-21-18(20)16-9-7-8-10-17(16)19-15(11-13(2)3)12-14(4)5/h7-10,13-15,19H,6,11-12H2,1-5H3. The molecule has 0 spiro atoms. The Hall–Kier alpha value is -1.51. The molecule has 1 aromatic carbocycles. The summed E-state index contributed by atoms with van der Waals surface area (Å²) in [5, 5.41) is 3.55. The minimum Gasteiger partial charge on any atom is -0.462 e. The van der Waals surface area contributed by atoms with E-state index in [0.29, 0.717) is 30.0 Å². The molecule has 3 nitrogen and oxygen atoms in total. The summed E-state index contributed by atoms with van der Waals surface area (Å²) in [6.45, 7) is 11.1. The fourth-order valence-corrected chi connectivity index (χ4v) is 2.57. The van der Waals surface area contributed by atoms with Crippen molar-refractivity contribution < 1.29 is 9.53 Å². The maximum absolute atomic E-state index is 12.0. The van der Waals surface area contributed by atoms with E-state index in [1.54, 1.807) is 0 Å². The molecule has 1 aromatic rings. The normalized spacial score (nSPS) is 11.2. The molecule has 0 atom stereocenters. The molecular weight excluding hydrogens is 262 g/mol. The fourth-order valence-electron chi connectivity index (χ4n) is 2.57. The van der Waals surface area contributed by atoms with Gasteiger partial charge >= 0.3 is 5.97 Å². The Labute approximate surface area is 129 Å². The molecule has 3 heteroatoms. The van der Waals surface area contributed by atoms with E-state index >= 15 is 0 Å². The molecular formula is C18H29NO2. The summed E-state index contributed by atoms with van der Waals surface area (Å²) in [5.74, 6) is 0.987. The molecule has 0 unspecified atom stereocenters. The summed E-state index contributed by atoms with van der Waals surface area (Å²) < 4.78 is 5.13. The van der Waals surface area contributed by atoms with Gasteiger partial charge in [-0.1, -0.05) is 39.8 Å². The van der Waals surface area contributed by atoms with Crippen LogP contribution in [0.3, 0.4) is 0 Å². The van der Waals surface area contributed by atoms with E-state index in [1.807, 2.05) is 31.2 Å². The molecule has 118 valence electrons. The van der Waals surface area contributed by atoms with Crippen molar-refractivity contribution in [2.75, 3.05) is 11.9 Å². The highest BCUT2D eigenvalue weighted by molar-refractivity contribution is 5.95. The first kappa shape index (κ1) is 17.5. The number of rotatable bonds is 8. The topological polar surface area (TPSA) is 38.3 Å². The second kappa shape index (κ2) is 8.71. The predicted molar refractivity (Wildman–Crippen MR) is 88.7 cm³/mol. The number of carbonyl (C=O) groups is 1. The van der Waals surface area contributed by atoms with Gasteiger partial charge in [0.1, 0.15) is 0 Å². The van der Waals surface area contributed by atoms with E-state index in [2.05, 4.69) is 33.0 Å².